The number of rotatable bonds is 4. The van der Waals surface area contributed by atoms with Gasteiger partial charge in [-0.05, 0) is 17.7 Å². The molecule has 1 amide bonds. The van der Waals surface area contributed by atoms with Gasteiger partial charge >= 0.3 is 5.97 Å². The van der Waals surface area contributed by atoms with Crippen LogP contribution >= 0.6 is 27.5 Å². The van der Waals surface area contributed by atoms with Gasteiger partial charge in [0.2, 0.25) is 5.91 Å². The fraction of sp³-hybridized carbons (Fsp3) is 0.385. The van der Waals surface area contributed by atoms with Crippen molar-refractivity contribution < 1.29 is 14.7 Å². The fourth-order valence-corrected chi connectivity index (χ4v) is 2.88. The smallest absolute Gasteiger partial charge is 0.326 e. The Balaban J connectivity index is 2.15. The summed E-state index contributed by atoms with van der Waals surface area (Å²) in [5.41, 5.74) is 0.850. The Hall–Kier alpha value is -1.07. The number of nitrogens with zero attached hydrogens (tertiary/aromatic N) is 1. The second kappa shape index (κ2) is 5.92. The lowest BCUT2D eigenvalue weighted by Gasteiger charge is -2.24. The van der Waals surface area contributed by atoms with E-state index in [1.807, 2.05) is 0 Å². The lowest BCUT2D eigenvalue weighted by atomic mass is 10.1. The Morgan fingerprint density at radius 2 is 2.11 bits per heavy atom. The number of likely N-dealkylation sites (tertiary alicyclic amines) is 1. The first kappa shape index (κ1) is 14.3. The molecule has 1 heterocycles. The van der Waals surface area contributed by atoms with E-state index in [1.54, 1.807) is 24.3 Å². The summed E-state index contributed by atoms with van der Waals surface area (Å²) in [6, 6.07) is 6.18. The van der Waals surface area contributed by atoms with Crippen molar-refractivity contribution in [3.8, 4) is 0 Å². The Morgan fingerprint density at radius 3 is 2.58 bits per heavy atom. The lowest BCUT2D eigenvalue weighted by molar-refractivity contribution is -0.148. The molecule has 0 aliphatic carbocycles. The number of carbonyl (C=O) groups excluding carboxylic acids is 1. The van der Waals surface area contributed by atoms with Crippen molar-refractivity contribution in [2.24, 2.45) is 0 Å². The van der Waals surface area contributed by atoms with Gasteiger partial charge < -0.3 is 10.0 Å². The summed E-state index contributed by atoms with van der Waals surface area (Å²) in [6.45, 7) is 0.434. The Morgan fingerprint density at radius 1 is 1.47 bits per heavy atom. The highest BCUT2D eigenvalue weighted by Gasteiger charge is 2.36. The van der Waals surface area contributed by atoms with Crippen LogP contribution in [0.25, 0.3) is 0 Å². The minimum atomic E-state index is -0.982. The molecule has 1 saturated heterocycles. The molecule has 0 spiro atoms. The molecule has 0 bridgehead atoms. The second-order valence-corrected chi connectivity index (χ2v) is 6.26. The number of alkyl halides is 1. The molecule has 0 radical (unpaired) electrons. The molecule has 0 saturated carbocycles. The highest BCUT2D eigenvalue weighted by Crippen LogP contribution is 2.23. The van der Waals surface area contributed by atoms with E-state index < -0.39 is 12.0 Å². The molecule has 1 aromatic carbocycles. The molecular weight excluding hydrogens is 334 g/mol. The number of carbonyl (C=O) groups is 2. The van der Waals surface area contributed by atoms with E-state index in [-0.39, 0.29) is 17.2 Å². The van der Waals surface area contributed by atoms with Crippen LogP contribution in [-0.2, 0) is 16.0 Å². The number of hydrogen-bond acceptors (Lipinski definition) is 2. The zero-order chi connectivity index (χ0) is 14.0. The molecule has 2 rings (SSSR count). The van der Waals surface area contributed by atoms with Crippen LogP contribution in [0.5, 0.6) is 0 Å². The van der Waals surface area contributed by atoms with Crippen molar-refractivity contribution in [2.75, 3.05) is 6.54 Å². The van der Waals surface area contributed by atoms with Crippen molar-refractivity contribution >= 4 is 39.4 Å². The standard InChI is InChI=1S/C13H13BrClNO3/c14-9-6-12(17)16(7-9)11(13(18)19)5-8-1-3-10(15)4-2-8/h1-4,9,11H,5-7H2,(H,18,19)/t9?,11-/m0/s1. The molecule has 1 aromatic rings. The van der Waals surface area contributed by atoms with Crippen molar-refractivity contribution in [1.29, 1.82) is 0 Å². The van der Waals surface area contributed by atoms with E-state index in [0.29, 0.717) is 18.0 Å². The maximum absolute atomic E-state index is 11.8. The molecule has 4 nitrogen and oxygen atoms in total. The van der Waals surface area contributed by atoms with E-state index >= 15 is 0 Å². The molecular formula is C13H13BrClNO3. The largest absolute Gasteiger partial charge is 0.480 e. The third-order valence-corrected chi connectivity index (χ3v) is 3.98. The third-order valence-electron chi connectivity index (χ3n) is 3.11. The first-order chi connectivity index (χ1) is 8.97. The van der Waals surface area contributed by atoms with Gasteiger partial charge in [-0.2, -0.15) is 0 Å². The van der Waals surface area contributed by atoms with Gasteiger partial charge in [0, 0.05) is 29.2 Å². The Labute approximate surface area is 124 Å². The van der Waals surface area contributed by atoms with Crippen LogP contribution in [-0.4, -0.2) is 39.3 Å². The average Bonchev–Trinajstić information content (AvgIpc) is 2.67. The van der Waals surface area contributed by atoms with Crippen LogP contribution in [0.2, 0.25) is 5.02 Å². The number of carboxylic acids is 1. The second-order valence-electron chi connectivity index (χ2n) is 4.53. The first-order valence-corrected chi connectivity index (χ1v) is 7.17. The zero-order valence-corrected chi connectivity index (χ0v) is 12.4. The van der Waals surface area contributed by atoms with E-state index in [0.717, 1.165) is 5.56 Å². The summed E-state index contributed by atoms with van der Waals surface area (Å²) in [5, 5.41) is 9.92. The number of benzene rings is 1. The summed E-state index contributed by atoms with van der Waals surface area (Å²) in [6.07, 6.45) is 0.641. The maximum Gasteiger partial charge on any atom is 0.326 e. The Kier molecular flexibility index (Phi) is 4.47. The summed E-state index contributed by atoms with van der Waals surface area (Å²) in [5.74, 6) is -1.10. The normalized spacial score (nSPS) is 20.6. The maximum atomic E-state index is 11.8. The van der Waals surface area contributed by atoms with Gasteiger partial charge in [0.15, 0.2) is 0 Å². The van der Waals surface area contributed by atoms with Crippen molar-refractivity contribution in [2.45, 2.75) is 23.7 Å². The summed E-state index contributed by atoms with van der Waals surface area (Å²) in [7, 11) is 0. The van der Waals surface area contributed by atoms with Crippen molar-refractivity contribution in [1.82, 2.24) is 4.90 Å². The number of hydrogen-bond donors (Lipinski definition) is 1. The first-order valence-electron chi connectivity index (χ1n) is 5.88. The van der Waals surface area contributed by atoms with Gasteiger partial charge in [-0.3, -0.25) is 4.79 Å². The highest BCUT2D eigenvalue weighted by atomic mass is 79.9. The molecule has 0 aromatic heterocycles. The fourth-order valence-electron chi connectivity index (χ4n) is 2.16. The van der Waals surface area contributed by atoms with E-state index in [1.165, 1.54) is 4.90 Å². The van der Waals surface area contributed by atoms with Crippen LogP contribution in [0, 0.1) is 0 Å². The predicted octanol–water partition coefficient (Wildman–Crippen LogP) is 2.33. The van der Waals surface area contributed by atoms with Gasteiger partial charge in [0.25, 0.3) is 0 Å². The highest BCUT2D eigenvalue weighted by molar-refractivity contribution is 9.09. The molecule has 2 atom stereocenters. The molecule has 102 valence electrons. The average molecular weight is 347 g/mol. The number of carboxylic acid groups (broad SMARTS) is 1. The zero-order valence-electron chi connectivity index (χ0n) is 10.1. The number of halogens is 2. The summed E-state index contributed by atoms with van der Waals surface area (Å²) >= 11 is 9.15. The summed E-state index contributed by atoms with van der Waals surface area (Å²) in [4.78, 5) is 24.6. The Bertz CT molecular complexity index is 491. The van der Waals surface area contributed by atoms with E-state index in [2.05, 4.69) is 15.9 Å². The van der Waals surface area contributed by atoms with Gasteiger partial charge in [-0.1, -0.05) is 39.7 Å². The minimum Gasteiger partial charge on any atom is -0.480 e. The molecule has 19 heavy (non-hydrogen) atoms. The van der Waals surface area contributed by atoms with Gasteiger partial charge in [0.1, 0.15) is 6.04 Å². The van der Waals surface area contributed by atoms with E-state index in [4.69, 9.17) is 11.6 Å². The van der Waals surface area contributed by atoms with Crippen LogP contribution in [0.1, 0.15) is 12.0 Å². The van der Waals surface area contributed by atoms with Crippen LogP contribution < -0.4 is 0 Å². The predicted molar refractivity (Wildman–Crippen MR) is 75.6 cm³/mol. The molecule has 1 unspecified atom stereocenters. The summed E-state index contributed by atoms with van der Waals surface area (Å²) < 4.78 is 0. The van der Waals surface area contributed by atoms with Gasteiger partial charge in [0.05, 0.1) is 0 Å². The minimum absolute atomic E-state index is 0.0343. The SMILES string of the molecule is O=C(O)[C@H](Cc1ccc(Cl)cc1)N1CC(Br)CC1=O. The number of aliphatic carboxylic acids is 1. The molecule has 1 fully saturated rings. The number of amides is 1. The molecule has 6 heteroatoms. The van der Waals surface area contributed by atoms with Crippen molar-refractivity contribution in [3.63, 3.8) is 0 Å². The van der Waals surface area contributed by atoms with Gasteiger partial charge in [-0.25, -0.2) is 4.79 Å². The third kappa shape index (κ3) is 3.48. The molecule has 1 aliphatic rings. The van der Waals surface area contributed by atoms with Crippen LogP contribution in [0.3, 0.4) is 0 Å². The van der Waals surface area contributed by atoms with E-state index in [9.17, 15) is 14.7 Å². The molecule has 1 aliphatic heterocycles. The quantitative estimate of drug-likeness (QED) is 0.851. The van der Waals surface area contributed by atoms with Crippen LogP contribution in [0.4, 0.5) is 0 Å². The lowest BCUT2D eigenvalue weighted by Crippen LogP contribution is -2.43. The van der Waals surface area contributed by atoms with Crippen LogP contribution in [0.15, 0.2) is 24.3 Å². The van der Waals surface area contributed by atoms with Crippen molar-refractivity contribution in [3.05, 3.63) is 34.9 Å². The van der Waals surface area contributed by atoms with Gasteiger partial charge in [-0.15, -0.1) is 0 Å². The monoisotopic (exact) mass is 345 g/mol. The topological polar surface area (TPSA) is 57.6 Å². The molecule has 1 N–H and O–H groups in total.